The first-order valence-corrected chi connectivity index (χ1v) is 8.17. The Morgan fingerprint density at radius 1 is 1.04 bits per heavy atom. The van der Waals surface area contributed by atoms with Gasteiger partial charge in [0.25, 0.3) is 5.91 Å². The minimum Gasteiger partial charge on any atom is -0.350 e. The van der Waals surface area contributed by atoms with Gasteiger partial charge < -0.3 is 10.6 Å². The molecule has 0 spiro atoms. The van der Waals surface area contributed by atoms with E-state index in [1.54, 1.807) is 24.3 Å². The number of para-hydroxylation sites is 1. The van der Waals surface area contributed by atoms with Crippen molar-refractivity contribution >= 4 is 17.5 Å². The second-order valence-electron chi connectivity index (χ2n) is 5.54. The Bertz CT molecular complexity index is 934. The number of rotatable bonds is 6. The number of benzene rings is 2. The van der Waals surface area contributed by atoms with Crippen LogP contribution >= 0.6 is 0 Å². The fourth-order valence-corrected chi connectivity index (χ4v) is 2.41. The van der Waals surface area contributed by atoms with Crippen molar-refractivity contribution in [2.24, 2.45) is 0 Å². The van der Waals surface area contributed by atoms with Gasteiger partial charge in [0.1, 0.15) is 11.8 Å². The number of aromatic nitrogens is 2. The molecule has 0 bridgehead atoms. The van der Waals surface area contributed by atoms with Crippen LogP contribution in [0.25, 0.3) is 0 Å². The van der Waals surface area contributed by atoms with Crippen molar-refractivity contribution in [1.29, 1.82) is 5.26 Å². The van der Waals surface area contributed by atoms with Crippen molar-refractivity contribution < 1.29 is 4.79 Å². The number of hydrogen-bond acceptors (Lipinski definition) is 5. The topological polar surface area (TPSA) is 90.7 Å². The maximum atomic E-state index is 12.3. The molecular weight excluding hydrogens is 326 g/mol. The van der Waals surface area contributed by atoms with E-state index in [0.29, 0.717) is 17.8 Å². The van der Waals surface area contributed by atoms with Gasteiger partial charge in [-0.3, -0.25) is 4.79 Å². The number of nitrogens with zero attached hydrogens (tertiary/aromatic N) is 3. The van der Waals surface area contributed by atoms with Crippen molar-refractivity contribution in [3.63, 3.8) is 0 Å². The molecule has 3 rings (SSSR count). The van der Waals surface area contributed by atoms with Crippen molar-refractivity contribution in [2.75, 3.05) is 11.9 Å². The SMILES string of the molecule is N#Cc1ccccc1Nc1nccc(C(=O)NCCc2ccccc2)n1. The molecule has 0 atom stereocenters. The molecule has 6 nitrogen and oxygen atoms in total. The molecule has 128 valence electrons. The summed E-state index contributed by atoms with van der Waals surface area (Å²) in [4.78, 5) is 20.6. The minimum atomic E-state index is -0.264. The van der Waals surface area contributed by atoms with E-state index in [1.807, 2.05) is 36.4 Å². The van der Waals surface area contributed by atoms with Gasteiger partial charge >= 0.3 is 0 Å². The number of amides is 1. The summed E-state index contributed by atoms with van der Waals surface area (Å²) in [5.74, 6) is 0.00311. The van der Waals surface area contributed by atoms with Crippen molar-refractivity contribution in [1.82, 2.24) is 15.3 Å². The lowest BCUT2D eigenvalue weighted by atomic mass is 10.1. The molecule has 0 aliphatic rings. The molecule has 0 aliphatic heterocycles. The average Bonchev–Trinajstić information content (AvgIpc) is 2.69. The highest BCUT2D eigenvalue weighted by atomic mass is 16.1. The molecule has 0 unspecified atom stereocenters. The first-order valence-electron chi connectivity index (χ1n) is 8.17. The van der Waals surface area contributed by atoms with E-state index in [0.717, 1.165) is 12.0 Å². The predicted molar refractivity (Wildman–Crippen MR) is 99.0 cm³/mol. The van der Waals surface area contributed by atoms with Crippen LogP contribution in [0.3, 0.4) is 0 Å². The molecule has 1 aromatic heterocycles. The highest BCUT2D eigenvalue weighted by molar-refractivity contribution is 5.92. The van der Waals surface area contributed by atoms with Gasteiger partial charge in [-0.05, 0) is 30.2 Å². The summed E-state index contributed by atoms with van der Waals surface area (Å²) in [6.45, 7) is 0.521. The van der Waals surface area contributed by atoms with E-state index in [4.69, 9.17) is 5.26 Å². The van der Waals surface area contributed by atoms with Gasteiger partial charge in [-0.15, -0.1) is 0 Å². The van der Waals surface area contributed by atoms with Crippen LogP contribution in [0.4, 0.5) is 11.6 Å². The fourth-order valence-electron chi connectivity index (χ4n) is 2.41. The van der Waals surface area contributed by atoms with Crippen LogP contribution in [0.5, 0.6) is 0 Å². The maximum absolute atomic E-state index is 12.3. The first kappa shape index (κ1) is 17.1. The second-order valence-corrected chi connectivity index (χ2v) is 5.54. The Labute approximate surface area is 151 Å². The number of anilines is 2. The second kappa shape index (κ2) is 8.40. The lowest BCUT2D eigenvalue weighted by Gasteiger charge is -2.08. The highest BCUT2D eigenvalue weighted by Crippen LogP contribution is 2.17. The Hall–Kier alpha value is -3.72. The number of hydrogen-bond donors (Lipinski definition) is 2. The minimum absolute atomic E-state index is 0.264. The van der Waals surface area contributed by atoms with Gasteiger partial charge in [-0.1, -0.05) is 42.5 Å². The predicted octanol–water partition coefficient (Wildman–Crippen LogP) is 3.06. The summed E-state index contributed by atoms with van der Waals surface area (Å²) in [6, 6.07) is 20.6. The lowest BCUT2D eigenvalue weighted by Crippen LogP contribution is -2.26. The van der Waals surface area contributed by atoms with Crippen molar-refractivity contribution in [2.45, 2.75) is 6.42 Å². The Balaban J connectivity index is 1.63. The summed E-state index contributed by atoms with van der Waals surface area (Å²) < 4.78 is 0. The van der Waals surface area contributed by atoms with Crippen LogP contribution in [0.2, 0.25) is 0 Å². The standard InChI is InChI=1S/C20H17N5O/c21-14-16-8-4-5-9-17(16)24-20-23-13-11-18(25-20)19(26)22-12-10-15-6-2-1-3-7-15/h1-9,11,13H,10,12H2,(H,22,26)(H,23,24,25). The Morgan fingerprint density at radius 3 is 2.62 bits per heavy atom. The van der Waals surface area contributed by atoms with E-state index in [-0.39, 0.29) is 17.5 Å². The van der Waals surface area contributed by atoms with E-state index >= 15 is 0 Å². The molecule has 3 aromatic rings. The lowest BCUT2D eigenvalue weighted by molar-refractivity contribution is 0.0949. The van der Waals surface area contributed by atoms with Gasteiger partial charge in [0.05, 0.1) is 11.3 Å². The van der Waals surface area contributed by atoms with Crippen LogP contribution in [-0.2, 0) is 6.42 Å². The zero-order valence-electron chi connectivity index (χ0n) is 14.0. The van der Waals surface area contributed by atoms with E-state index in [9.17, 15) is 4.79 Å². The smallest absolute Gasteiger partial charge is 0.270 e. The Kier molecular flexibility index (Phi) is 5.53. The van der Waals surface area contributed by atoms with Crippen LogP contribution < -0.4 is 10.6 Å². The summed E-state index contributed by atoms with van der Waals surface area (Å²) in [5.41, 5.74) is 2.50. The third-order valence-corrected chi connectivity index (χ3v) is 3.72. The van der Waals surface area contributed by atoms with Gasteiger partial charge in [-0.2, -0.15) is 5.26 Å². The zero-order chi connectivity index (χ0) is 18.2. The number of carbonyl (C=O) groups excluding carboxylic acids is 1. The van der Waals surface area contributed by atoms with E-state index in [2.05, 4.69) is 26.7 Å². The molecule has 6 heteroatoms. The fraction of sp³-hybridized carbons (Fsp3) is 0.100. The normalized spacial score (nSPS) is 9.96. The van der Waals surface area contributed by atoms with Crippen LogP contribution in [-0.4, -0.2) is 22.4 Å². The van der Waals surface area contributed by atoms with Crippen LogP contribution in [0, 0.1) is 11.3 Å². The molecule has 0 radical (unpaired) electrons. The number of nitrogens with one attached hydrogen (secondary N) is 2. The molecule has 2 aromatic carbocycles. The van der Waals surface area contributed by atoms with Gasteiger partial charge in [0.15, 0.2) is 0 Å². The molecule has 1 amide bonds. The summed E-state index contributed by atoms with van der Waals surface area (Å²) >= 11 is 0. The van der Waals surface area contributed by atoms with Crippen LogP contribution in [0.15, 0.2) is 66.9 Å². The van der Waals surface area contributed by atoms with Gasteiger partial charge in [-0.25, -0.2) is 9.97 Å². The first-order chi connectivity index (χ1) is 12.8. The Morgan fingerprint density at radius 2 is 1.81 bits per heavy atom. The largest absolute Gasteiger partial charge is 0.350 e. The average molecular weight is 343 g/mol. The summed E-state index contributed by atoms with van der Waals surface area (Å²) in [7, 11) is 0. The van der Waals surface area contributed by atoms with Crippen molar-refractivity contribution in [3.05, 3.63) is 83.7 Å². The summed E-state index contributed by atoms with van der Waals surface area (Å²) in [6.07, 6.45) is 2.26. The van der Waals surface area contributed by atoms with E-state index < -0.39 is 0 Å². The monoisotopic (exact) mass is 343 g/mol. The molecule has 0 fully saturated rings. The molecule has 0 saturated carbocycles. The molecule has 2 N–H and O–H groups in total. The van der Waals surface area contributed by atoms with Gasteiger partial charge in [0, 0.05) is 12.7 Å². The number of carbonyl (C=O) groups is 1. The van der Waals surface area contributed by atoms with Gasteiger partial charge in [0.2, 0.25) is 5.95 Å². The molecule has 1 heterocycles. The number of nitriles is 1. The van der Waals surface area contributed by atoms with Crippen molar-refractivity contribution in [3.8, 4) is 6.07 Å². The molecule has 0 aliphatic carbocycles. The highest BCUT2D eigenvalue weighted by Gasteiger charge is 2.09. The third kappa shape index (κ3) is 4.42. The third-order valence-electron chi connectivity index (χ3n) is 3.72. The molecular formula is C20H17N5O. The maximum Gasteiger partial charge on any atom is 0.270 e. The quantitative estimate of drug-likeness (QED) is 0.718. The zero-order valence-corrected chi connectivity index (χ0v) is 14.0. The van der Waals surface area contributed by atoms with E-state index in [1.165, 1.54) is 6.20 Å². The summed E-state index contributed by atoms with van der Waals surface area (Å²) in [5, 5.41) is 15.0. The van der Waals surface area contributed by atoms with Crippen LogP contribution in [0.1, 0.15) is 21.6 Å². The molecule has 26 heavy (non-hydrogen) atoms. The molecule has 0 saturated heterocycles.